The van der Waals surface area contributed by atoms with Gasteiger partial charge in [-0.1, -0.05) is 13.8 Å². The maximum atomic E-state index is 12.8. The van der Waals surface area contributed by atoms with Crippen LogP contribution in [0.3, 0.4) is 0 Å². The first-order valence-corrected chi connectivity index (χ1v) is 29.1. The second-order valence-corrected chi connectivity index (χ2v) is 23.6. The van der Waals surface area contributed by atoms with Crippen LogP contribution in [0.5, 0.6) is 0 Å². The van der Waals surface area contributed by atoms with Gasteiger partial charge in [-0.05, 0) is 5.92 Å². The Morgan fingerprint density at radius 1 is 1.03 bits per heavy atom. The molecule has 0 bridgehead atoms. The van der Waals surface area contributed by atoms with Gasteiger partial charge in [0.05, 0.1) is 0 Å². The quantitative estimate of drug-likeness (QED) is 0.188. The summed E-state index contributed by atoms with van der Waals surface area (Å²) in [5.74, 6) is 5.91. The Hall–Kier alpha value is 1.09. The van der Waals surface area contributed by atoms with E-state index >= 15 is 0 Å². The van der Waals surface area contributed by atoms with Crippen LogP contribution in [0, 0.1) is 57.7 Å². The van der Waals surface area contributed by atoms with Crippen molar-refractivity contribution in [2.24, 2.45) is 57.7 Å². The average molecular weight is 666 g/mol. The topological polar surface area (TPSA) is 17.1 Å². The van der Waals surface area contributed by atoms with Crippen molar-refractivity contribution >= 4 is 18.2 Å². The van der Waals surface area contributed by atoms with Crippen LogP contribution in [0.25, 0.3) is 0 Å². The summed E-state index contributed by atoms with van der Waals surface area (Å²) >= 11 is 3.03. The summed E-state index contributed by atoms with van der Waals surface area (Å²) < 4.78 is 1.41. The summed E-state index contributed by atoms with van der Waals surface area (Å²) in [5, 5.41) is 0. The molecule has 0 radical (unpaired) electrons. The van der Waals surface area contributed by atoms with E-state index in [-0.39, 0.29) is 5.41 Å². The SMILES string of the molecule is CC(C)CCC[C@@H](C)[C@H]1CC[C@H]2[C@@H]3C[C@]4(C=O)[C@@H]([CH2][Hg][Br])CC[C@]4(C)[C@H]3CC[C@]12C. The molecule has 0 saturated heterocycles. The fourth-order valence-corrected chi connectivity index (χ4v) is 18.9. The third-order valence-electron chi connectivity index (χ3n) is 11.5. The van der Waals surface area contributed by atoms with Gasteiger partial charge in [0.1, 0.15) is 0 Å². The van der Waals surface area contributed by atoms with Gasteiger partial charge in [-0.3, -0.25) is 0 Å². The van der Waals surface area contributed by atoms with Gasteiger partial charge < -0.3 is 0 Å². The van der Waals surface area contributed by atoms with E-state index in [9.17, 15) is 4.79 Å². The van der Waals surface area contributed by atoms with E-state index in [2.05, 4.69) is 46.5 Å². The Morgan fingerprint density at radius 2 is 1.80 bits per heavy atom. The van der Waals surface area contributed by atoms with Crippen molar-refractivity contribution in [2.45, 2.75) is 103 Å². The molecule has 30 heavy (non-hydrogen) atoms. The van der Waals surface area contributed by atoms with Gasteiger partial charge in [-0.2, -0.15) is 0 Å². The fourth-order valence-electron chi connectivity index (χ4n) is 9.95. The van der Waals surface area contributed by atoms with Gasteiger partial charge in [0.15, 0.2) is 0 Å². The second kappa shape index (κ2) is 9.03. The molecule has 0 N–H and O–H groups in total. The van der Waals surface area contributed by atoms with Crippen molar-refractivity contribution in [2.75, 3.05) is 0 Å². The summed E-state index contributed by atoms with van der Waals surface area (Å²) in [4.78, 5) is 12.8. The molecule has 4 rings (SSSR count). The number of halogens is 1. The minimum atomic E-state index is -0.891. The number of fused-ring (bicyclic) bond motifs is 5. The van der Waals surface area contributed by atoms with E-state index in [1.165, 1.54) is 74.4 Å². The van der Waals surface area contributed by atoms with Crippen molar-refractivity contribution in [3.8, 4) is 0 Å². The van der Waals surface area contributed by atoms with Gasteiger partial charge in [0.2, 0.25) is 0 Å². The van der Waals surface area contributed by atoms with Crippen molar-refractivity contribution in [3.63, 3.8) is 0 Å². The number of carbonyl (C=O) groups excluding carboxylic acids is 1. The third-order valence-corrected chi connectivity index (χ3v) is 19.1. The van der Waals surface area contributed by atoms with Crippen LogP contribution in [0.15, 0.2) is 0 Å². The summed E-state index contributed by atoms with van der Waals surface area (Å²) in [6, 6.07) is 0. The molecule has 0 aliphatic heterocycles. The Bertz CT molecular complexity index is 636. The zero-order chi connectivity index (χ0) is 21.7. The van der Waals surface area contributed by atoms with Gasteiger partial charge in [-0.25, -0.2) is 0 Å². The molecule has 4 saturated carbocycles. The minimum absolute atomic E-state index is 0.0301. The summed E-state index contributed by atoms with van der Waals surface area (Å²) in [5.41, 5.74) is 0.882. The van der Waals surface area contributed by atoms with Crippen LogP contribution in [0.4, 0.5) is 0 Å². The number of hydrogen-bond donors (Lipinski definition) is 0. The van der Waals surface area contributed by atoms with Crippen molar-refractivity contribution < 1.29 is 26.9 Å². The van der Waals surface area contributed by atoms with Crippen LogP contribution >= 0.6 is 11.9 Å². The first-order chi connectivity index (χ1) is 14.2. The normalized spacial score (nSPS) is 48.2. The Morgan fingerprint density at radius 3 is 2.47 bits per heavy atom. The average Bonchev–Trinajstić information content (AvgIpc) is 3.27. The molecule has 4 fully saturated rings. The van der Waals surface area contributed by atoms with E-state index in [0.29, 0.717) is 16.7 Å². The standard InChI is InChI=1S/C27H45O.BrH.Hg/c1-18(2)8-7-9-19(3)22-10-11-23-21-16-27(17-28)20(4)12-15-26(27,6)24(21)13-14-25(22,23)5;;/h17-24H,4,7-16H2,1-3,5-6H3;1H;/q;;+1/p-1/t19-,20+,21+,22-,23+,24+,25-,26-,27+;;/m1../s1. The first kappa shape index (κ1) is 24.2. The van der Waals surface area contributed by atoms with Gasteiger partial charge >= 0.3 is 186 Å². The van der Waals surface area contributed by atoms with Crippen LogP contribution in [0.2, 0.25) is 3.93 Å². The van der Waals surface area contributed by atoms with Crippen molar-refractivity contribution in [1.29, 1.82) is 0 Å². The number of rotatable bonds is 8. The molecular formula is C27H45BrHgO. The van der Waals surface area contributed by atoms with Crippen LogP contribution in [-0.4, -0.2) is 6.29 Å². The molecule has 4 aliphatic rings. The van der Waals surface area contributed by atoms with E-state index in [1.807, 2.05) is 0 Å². The molecule has 0 aromatic heterocycles. The van der Waals surface area contributed by atoms with E-state index in [0.717, 1.165) is 35.5 Å². The number of carbonyl (C=O) groups is 1. The van der Waals surface area contributed by atoms with Crippen LogP contribution in [0.1, 0.15) is 98.8 Å². The molecule has 0 aromatic rings. The number of aldehydes is 1. The van der Waals surface area contributed by atoms with Crippen molar-refractivity contribution in [3.05, 3.63) is 0 Å². The van der Waals surface area contributed by atoms with Gasteiger partial charge in [0.25, 0.3) is 0 Å². The van der Waals surface area contributed by atoms with Crippen LogP contribution < -0.4 is 0 Å². The molecule has 0 aromatic carbocycles. The molecule has 0 spiro atoms. The van der Waals surface area contributed by atoms with Gasteiger partial charge in [0, 0.05) is 0 Å². The maximum absolute atomic E-state index is 12.8. The Kier molecular flexibility index (Phi) is 7.29. The molecule has 0 amide bonds. The zero-order valence-corrected chi connectivity index (χ0v) is 27.5. The summed E-state index contributed by atoms with van der Waals surface area (Å²) in [6.45, 7) is 12.5. The Labute approximate surface area is 204 Å². The zero-order valence-electron chi connectivity index (χ0n) is 20.4. The summed E-state index contributed by atoms with van der Waals surface area (Å²) in [6.07, 6.45) is 15.4. The van der Waals surface area contributed by atoms with Crippen LogP contribution in [-0.2, 0) is 26.9 Å². The van der Waals surface area contributed by atoms with E-state index in [1.54, 1.807) is 0 Å². The number of hydrogen-bond acceptors (Lipinski definition) is 1. The third kappa shape index (κ3) is 3.58. The fraction of sp³-hybridized carbons (Fsp3) is 0.963. The molecule has 168 valence electrons. The predicted octanol–water partition coefficient (Wildman–Crippen LogP) is 8.32. The molecule has 0 heterocycles. The van der Waals surface area contributed by atoms with Crippen molar-refractivity contribution in [1.82, 2.24) is 0 Å². The molecule has 0 unspecified atom stereocenters. The molecular weight excluding hydrogens is 621 g/mol. The molecule has 4 aliphatic carbocycles. The monoisotopic (exact) mass is 666 g/mol. The Balaban J connectivity index is 1.54. The second-order valence-electron chi connectivity index (χ2n) is 12.9. The predicted molar refractivity (Wildman–Crippen MR) is 126 cm³/mol. The van der Waals surface area contributed by atoms with E-state index < -0.39 is 22.1 Å². The van der Waals surface area contributed by atoms with E-state index in [4.69, 9.17) is 0 Å². The van der Waals surface area contributed by atoms with Gasteiger partial charge in [-0.15, -0.1) is 0 Å². The molecule has 1 nitrogen and oxygen atoms in total. The molecule has 3 heteroatoms. The summed E-state index contributed by atoms with van der Waals surface area (Å²) in [7, 11) is 0. The first-order valence-electron chi connectivity index (χ1n) is 13.3. The molecule has 9 atom stereocenters.